The largest absolute Gasteiger partial charge is 0.359 e. The van der Waals surface area contributed by atoms with Crippen LogP contribution in [0, 0.1) is 0 Å². The van der Waals surface area contributed by atoms with Gasteiger partial charge in [-0.05, 0) is 6.07 Å². The molecule has 0 fully saturated rings. The van der Waals surface area contributed by atoms with E-state index in [1.54, 1.807) is 6.20 Å². The van der Waals surface area contributed by atoms with Crippen LogP contribution in [-0.4, -0.2) is 5.16 Å². The van der Waals surface area contributed by atoms with Crippen LogP contribution in [0.2, 0.25) is 5.02 Å². The molecule has 0 spiro atoms. The lowest BCUT2D eigenvalue weighted by molar-refractivity contribution is 0.385. The number of hydrogen-bond donors (Lipinski definition) is 1. The maximum atomic E-state index is 6.03. The minimum atomic E-state index is 0.320. The smallest absolute Gasteiger partial charge is 0.158 e. The monoisotopic (exact) mass is 208 g/mol. The molecule has 0 saturated carbocycles. The van der Waals surface area contributed by atoms with E-state index in [1.165, 1.54) is 0 Å². The van der Waals surface area contributed by atoms with Crippen LogP contribution in [0.15, 0.2) is 35.0 Å². The third-order valence-electron chi connectivity index (χ3n) is 1.99. The molecule has 1 aromatic heterocycles. The lowest BCUT2D eigenvalue weighted by Gasteiger charge is -2.01. The molecule has 0 aliphatic carbocycles. The van der Waals surface area contributed by atoms with E-state index in [1.807, 2.05) is 24.3 Å². The van der Waals surface area contributed by atoms with Crippen LogP contribution < -0.4 is 5.73 Å². The summed E-state index contributed by atoms with van der Waals surface area (Å²) >= 11 is 6.03. The van der Waals surface area contributed by atoms with Crippen molar-refractivity contribution in [3.05, 3.63) is 41.2 Å². The van der Waals surface area contributed by atoms with Crippen LogP contribution in [0.3, 0.4) is 0 Å². The topological polar surface area (TPSA) is 52.0 Å². The normalized spacial score (nSPS) is 10.4. The molecule has 0 unspecified atom stereocenters. The van der Waals surface area contributed by atoms with Crippen molar-refractivity contribution >= 4 is 11.6 Å². The highest BCUT2D eigenvalue weighted by Crippen LogP contribution is 2.29. The standard InChI is InChI=1S/C10H9ClN2O/c11-9-4-2-1-3-7(9)8-6-13-14-10(8)5-12/h1-4,6H,5,12H2. The Balaban J connectivity index is 2.54. The highest BCUT2D eigenvalue weighted by atomic mass is 35.5. The maximum Gasteiger partial charge on any atom is 0.158 e. The molecule has 2 N–H and O–H groups in total. The third-order valence-corrected chi connectivity index (χ3v) is 2.32. The zero-order chi connectivity index (χ0) is 9.97. The third kappa shape index (κ3) is 1.52. The average Bonchev–Trinajstić information content (AvgIpc) is 2.66. The molecule has 14 heavy (non-hydrogen) atoms. The van der Waals surface area contributed by atoms with Gasteiger partial charge in [0.2, 0.25) is 0 Å². The summed E-state index contributed by atoms with van der Waals surface area (Å²) in [4.78, 5) is 0. The van der Waals surface area contributed by atoms with Crippen molar-refractivity contribution in [1.82, 2.24) is 5.16 Å². The Morgan fingerprint density at radius 2 is 2.07 bits per heavy atom. The SMILES string of the molecule is NCc1oncc1-c1ccccc1Cl. The molecule has 0 amide bonds. The van der Waals surface area contributed by atoms with E-state index in [4.69, 9.17) is 21.9 Å². The fourth-order valence-corrected chi connectivity index (χ4v) is 1.55. The molecule has 0 radical (unpaired) electrons. The van der Waals surface area contributed by atoms with Crippen LogP contribution in [0.25, 0.3) is 11.1 Å². The Bertz CT molecular complexity index is 439. The molecule has 0 saturated heterocycles. The molecule has 72 valence electrons. The van der Waals surface area contributed by atoms with Crippen molar-refractivity contribution in [2.75, 3.05) is 0 Å². The van der Waals surface area contributed by atoms with Gasteiger partial charge in [-0.1, -0.05) is 35.0 Å². The van der Waals surface area contributed by atoms with Crippen molar-refractivity contribution in [2.24, 2.45) is 5.73 Å². The second-order valence-electron chi connectivity index (χ2n) is 2.85. The van der Waals surface area contributed by atoms with E-state index >= 15 is 0 Å². The van der Waals surface area contributed by atoms with Crippen molar-refractivity contribution in [1.29, 1.82) is 0 Å². The minimum Gasteiger partial charge on any atom is -0.359 e. The number of aromatic nitrogens is 1. The van der Waals surface area contributed by atoms with E-state index in [9.17, 15) is 0 Å². The summed E-state index contributed by atoms with van der Waals surface area (Å²) in [6.45, 7) is 0.320. The first-order chi connectivity index (χ1) is 6.83. The summed E-state index contributed by atoms with van der Waals surface area (Å²) in [7, 11) is 0. The van der Waals surface area contributed by atoms with Gasteiger partial charge in [0.1, 0.15) is 0 Å². The van der Waals surface area contributed by atoms with Crippen LogP contribution in [0.4, 0.5) is 0 Å². The van der Waals surface area contributed by atoms with Gasteiger partial charge < -0.3 is 10.3 Å². The van der Waals surface area contributed by atoms with E-state index in [0.29, 0.717) is 17.3 Å². The van der Waals surface area contributed by atoms with Gasteiger partial charge in [0, 0.05) is 16.1 Å². The van der Waals surface area contributed by atoms with Gasteiger partial charge in [-0.3, -0.25) is 0 Å². The molecular formula is C10H9ClN2O. The van der Waals surface area contributed by atoms with Crippen LogP contribution in [0.1, 0.15) is 5.76 Å². The number of nitrogens with two attached hydrogens (primary N) is 1. The molecule has 1 heterocycles. The van der Waals surface area contributed by atoms with Crippen LogP contribution in [0.5, 0.6) is 0 Å². The lowest BCUT2D eigenvalue weighted by Crippen LogP contribution is -1.96. The molecule has 1 aromatic carbocycles. The van der Waals surface area contributed by atoms with Crippen molar-refractivity contribution < 1.29 is 4.52 Å². The van der Waals surface area contributed by atoms with E-state index in [0.717, 1.165) is 11.1 Å². The number of rotatable bonds is 2. The summed E-state index contributed by atoms with van der Waals surface area (Å²) in [5.74, 6) is 0.651. The van der Waals surface area contributed by atoms with E-state index in [2.05, 4.69) is 5.16 Å². The van der Waals surface area contributed by atoms with Gasteiger partial charge in [0.25, 0.3) is 0 Å². The first-order valence-electron chi connectivity index (χ1n) is 4.21. The molecule has 0 aliphatic rings. The van der Waals surface area contributed by atoms with Gasteiger partial charge in [-0.2, -0.15) is 0 Å². The quantitative estimate of drug-likeness (QED) is 0.825. The summed E-state index contributed by atoms with van der Waals surface area (Å²) in [5, 5.41) is 4.37. The molecule has 2 aromatic rings. The Morgan fingerprint density at radius 3 is 2.79 bits per heavy atom. The first-order valence-corrected chi connectivity index (χ1v) is 4.59. The molecular weight excluding hydrogens is 200 g/mol. The van der Waals surface area contributed by atoms with Gasteiger partial charge in [-0.25, -0.2) is 0 Å². The summed E-state index contributed by atoms with van der Waals surface area (Å²) in [5.41, 5.74) is 7.26. The Kier molecular flexibility index (Phi) is 2.52. The molecule has 2 rings (SSSR count). The number of nitrogens with zero attached hydrogens (tertiary/aromatic N) is 1. The summed E-state index contributed by atoms with van der Waals surface area (Å²) in [6.07, 6.45) is 1.63. The zero-order valence-electron chi connectivity index (χ0n) is 7.40. The summed E-state index contributed by atoms with van der Waals surface area (Å²) in [6, 6.07) is 7.52. The number of halogens is 1. The lowest BCUT2D eigenvalue weighted by atomic mass is 10.1. The van der Waals surface area contributed by atoms with E-state index in [-0.39, 0.29) is 0 Å². The van der Waals surface area contributed by atoms with Crippen molar-refractivity contribution in [3.63, 3.8) is 0 Å². The van der Waals surface area contributed by atoms with Gasteiger partial charge in [-0.15, -0.1) is 0 Å². The van der Waals surface area contributed by atoms with Crippen LogP contribution >= 0.6 is 11.6 Å². The fourth-order valence-electron chi connectivity index (χ4n) is 1.31. The summed E-state index contributed by atoms with van der Waals surface area (Å²) < 4.78 is 4.99. The Hall–Kier alpha value is -1.32. The van der Waals surface area contributed by atoms with Crippen molar-refractivity contribution in [2.45, 2.75) is 6.54 Å². The number of benzene rings is 1. The molecule has 0 aliphatic heterocycles. The second-order valence-corrected chi connectivity index (χ2v) is 3.25. The van der Waals surface area contributed by atoms with Gasteiger partial charge in [0.15, 0.2) is 5.76 Å². The predicted octanol–water partition coefficient (Wildman–Crippen LogP) is 2.45. The predicted molar refractivity (Wildman–Crippen MR) is 54.8 cm³/mol. The Labute approximate surface area is 86.5 Å². The molecule has 3 nitrogen and oxygen atoms in total. The highest BCUT2D eigenvalue weighted by molar-refractivity contribution is 6.33. The minimum absolute atomic E-state index is 0.320. The fraction of sp³-hybridized carbons (Fsp3) is 0.100. The van der Waals surface area contributed by atoms with Gasteiger partial charge in [0.05, 0.1) is 12.7 Å². The van der Waals surface area contributed by atoms with E-state index < -0.39 is 0 Å². The average molecular weight is 209 g/mol. The zero-order valence-corrected chi connectivity index (χ0v) is 8.16. The highest BCUT2D eigenvalue weighted by Gasteiger charge is 2.10. The van der Waals surface area contributed by atoms with Gasteiger partial charge >= 0.3 is 0 Å². The molecule has 0 atom stereocenters. The number of hydrogen-bond acceptors (Lipinski definition) is 3. The van der Waals surface area contributed by atoms with Crippen molar-refractivity contribution in [3.8, 4) is 11.1 Å². The maximum absolute atomic E-state index is 6.03. The second kappa shape index (κ2) is 3.82. The Morgan fingerprint density at radius 1 is 1.29 bits per heavy atom. The molecule has 0 bridgehead atoms. The van der Waals surface area contributed by atoms with Crippen LogP contribution in [-0.2, 0) is 6.54 Å². The molecule has 4 heteroatoms. The first kappa shape index (κ1) is 9.24.